The molecule has 0 aliphatic heterocycles. The largest absolute Gasteiger partial charge is 0.320 e. The van der Waals surface area contributed by atoms with Crippen LogP contribution < -0.4 is 5.32 Å². The number of hydrogen-bond donors (Lipinski definition) is 1. The average Bonchev–Trinajstić information content (AvgIpc) is 2.99. The molecule has 0 atom stereocenters. The van der Waals surface area contributed by atoms with E-state index in [1.54, 1.807) is 25.3 Å². The van der Waals surface area contributed by atoms with Gasteiger partial charge in [0.25, 0.3) is 5.91 Å². The number of carbonyl (C=O) groups excluding carboxylic acids is 1. The molecule has 8 heteroatoms. The molecule has 1 aromatic carbocycles. The molecule has 0 saturated carbocycles. The zero-order valence-corrected chi connectivity index (χ0v) is 16.7. The molecule has 1 amide bonds. The van der Waals surface area contributed by atoms with Crippen molar-refractivity contribution in [1.29, 1.82) is 0 Å². The number of amides is 1. The van der Waals surface area contributed by atoms with Crippen LogP contribution >= 0.6 is 11.3 Å². The Morgan fingerprint density at radius 2 is 1.84 bits per heavy atom. The highest BCUT2D eigenvalue weighted by molar-refractivity contribution is 7.89. The molecule has 25 heavy (non-hydrogen) atoms. The normalized spacial score (nSPS) is 11.8. The van der Waals surface area contributed by atoms with Gasteiger partial charge in [-0.1, -0.05) is 13.8 Å². The molecule has 2 rings (SSSR count). The SMILES string of the molecule is CCN(CC)S(=O)(=O)c1cc(C)c(C)c(NC(=O)c2csc(C)n2)c1. The van der Waals surface area contributed by atoms with Crippen molar-refractivity contribution < 1.29 is 13.2 Å². The first-order chi connectivity index (χ1) is 11.7. The van der Waals surface area contributed by atoms with Crippen molar-refractivity contribution in [3.05, 3.63) is 39.3 Å². The summed E-state index contributed by atoms with van der Waals surface area (Å²) in [4.78, 5) is 16.7. The number of rotatable bonds is 6. The van der Waals surface area contributed by atoms with Gasteiger partial charge in [0.05, 0.1) is 9.90 Å². The van der Waals surface area contributed by atoms with Crippen LogP contribution in [-0.2, 0) is 10.0 Å². The van der Waals surface area contributed by atoms with E-state index in [1.807, 2.05) is 20.8 Å². The lowest BCUT2D eigenvalue weighted by atomic mass is 10.1. The van der Waals surface area contributed by atoms with E-state index in [0.717, 1.165) is 16.1 Å². The van der Waals surface area contributed by atoms with E-state index >= 15 is 0 Å². The van der Waals surface area contributed by atoms with E-state index in [4.69, 9.17) is 0 Å². The average molecular weight is 382 g/mol. The number of aryl methyl sites for hydroxylation is 2. The van der Waals surface area contributed by atoms with Gasteiger partial charge in [-0.25, -0.2) is 13.4 Å². The van der Waals surface area contributed by atoms with Crippen molar-refractivity contribution in [2.75, 3.05) is 18.4 Å². The molecule has 0 fully saturated rings. The van der Waals surface area contributed by atoms with Crippen LogP contribution in [0.15, 0.2) is 22.4 Å². The Bertz CT molecular complexity index is 885. The van der Waals surface area contributed by atoms with Gasteiger partial charge in [0.2, 0.25) is 10.0 Å². The van der Waals surface area contributed by atoms with E-state index in [9.17, 15) is 13.2 Å². The number of nitrogens with one attached hydrogen (secondary N) is 1. The third kappa shape index (κ3) is 4.08. The van der Waals surface area contributed by atoms with E-state index in [1.165, 1.54) is 21.7 Å². The van der Waals surface area contributed by atoms with Gasteiger partial charge in [-0.3, -0.25) is 4.79 Å². The van der Waals surface area contributed by atoms with Crippen molar-refractivity contribution in [1.82, 2.24) is 9.29 Å². The van der Waals surface area contributed by atoms with Crippen LogP contribution in [0.1, 0.15) is 40.5 Å². The summed E-state index contributed by atoms with van der Waals surface area (Å²) in [5, 5.41) is 5.28. The summed E-state index contributed by atoms with van der Waals surface area (Å²) >= 11 is 1.39. The Kier molecular flexibility index (Phi) is 5.97. The molecule has 0 spiro atoms. The summed E-state index contributed by atoms with van der Waals surface area (Å²) in [6.45, 7) is 9.90. The van der Waals surface area contributed by atoms with Gasteiger partial charge in [-0.15, -0.1) is 11.3 Å². The maximum Gasteiger partial charge on any atom is 0.275 e. The van der Waals surface area contributed by atoms with Gasteiger partial charge in [0, 0.05) is 24.2 Å². The molecule has 1 heterocycles. The summed E-state index contributed by atoms with van der Waals surface area (Å²) in [5.41, 5.74) is 2.45. The number of hydrogen-bond acceptors (Lipinski definition) is 5. The lowest BCUT2D eigenvalue weighted by Gasteiger charge is -2.20. The molecule has 1 N–H and O–H groups in total. The van der Waals surface area contributed by atoms with Crippen LogP contribution in [0, 0.1) is 20.8 Å². The number of carbonyl (C=O) groups is 1. The van der Waals surface area contributed by atoms with Crippen LogP contribution in [-0.4, -0.2) is 36.7 Å². The lowest BCUT2D eigenvalue weighted by Crippen LogP contribution is -2.30. The Morgan fingerprint density at radius 1 is 1.20 bits per heavy atom. The maximum absolute atomic E-state index is 12.8. The zero-order valence-electron chi connectivity index (χ0n) is 15.1. The van der Waals surface area contributed by atoms with Crippen LogP contribution in [0.4, 0.5) is 5.69 Å². The summed E-state index contributed by atoms with van der Waals surface area (Å²) < 4.78 is 26.9. The number of anilines is 1. The number of aromatic nitrogens is 1. The molecule has 0 bridgehead atoms. The molecule has 1 aromatic heterocycles. The molecular weight excluding hydrogens is 358 g/mol. The van der Waals surface area contributed by atoms with Crippen LogP contribution in [0.5, 0.6) is 0 Å². The van der Waals surface area contributed by atoms with E-state index in [2.05, 4.69) is 10.3 Å². The smallest absolute Gasteiger partial charge is 0.275 e. The molecule has 0 aliphatic carbocycles. The third-order valence-electron chi connectivity index (χ3n) is 4.08. The van der Waals surface area contributed by atoms with E-state index in [0.29, 0.717) is 24.5 Å². The lowest BCUT2D eigenvalue weighted by molar-refractivity contribution is 0.102. The first kappa shape index (κ1) is 19.6. The van der Waals surface area contributed by atoms with Gasteiger partial charge < -0.3 is 5.32 Å². The first-order valence-electron chi connectivity index (χ1n) is 8.05. The minimum absolute atomic E-state index is 0.184. The highest BCUT2D eigenvalue weighted by atomic mass is 32.2. The molecule has 6 nitrogen and oxygen atoms in total. The fourth-order valence-electron chi connectivity index (χ4n) is 2.47. The number of thiazole rings is 1. The Morgan fingerprint density at radius 3 is 2.36 bits per heavy atom. The fraction of sp³-hybridized carbons (Fsp3) is 0.412. The number of sulfonamides is 1. The minimum Gasteiger partial charge on any atom is -0.320 e. The Hall–Kier alpha value is -1.77. The van der Waals surface area contributed by atoms with Crippen LogP contribution in [0.25, 0.3) is 0 Å². The monoisotopic (exact) mass is 381 g/mol. The maximum atomic E-state index is 12.8. The second-order valence-electron chi connectivity index (χ2n) is 5.71. The topological polar surface area (TPSA) is 79.4 Å². The van der Waals surface area contributed by atoms with Gasteiger partial charge in [0.1, 0.15) is 5.69 Å². The molecule has 136 valence electrons. The van der Waals surface area contributed by atoms with E-state index < -0.39 is 10.0 Å². The van der Waals surface area contributed by atoms with Gasteiger partial charge >= 0.3 is 0 Å². The zero-order chi connectivity index (χ0) is 18.8. The summed E-state index contributed by atoms with van der Waals surface area (Å²) in [7, 11) is -3.59. The molecule has 0 unspecified atom stereocenters. The molecule has 0 radical (unpaired) electrons. The molecule has 2 aromatic rings. The van der Waals surface area contributed by atoms with Crippen molar-refractivity contribution in [2.24, 2.45) is 0 Å². The van der Waals surface area contributed by atoms with Crippen molar-refractivity contribution >= 4 is 33.0 Å². The predicted molar refractivity (Wildman–Crippen MR) is 101 cm³/mol. The number of benzene rings is 1. The van der Waals surface area contributed by atoms with Gasteiger partial charge in [-0.2, -0.15) is 4.31 Å². The Labute approximate surface area is 153 Å². The van der Waals surface area contributed by atoms with Crippen LogP contribution in [0.2, 0.25) is 0 Å². The minimum atomic E-state index is -3.59. The second kappa shape index (κ2) is 7.63. The first-order valence-corrected chi connectivity index (χ1v) is 10.4. The second-order valence-corrected chi connectivity index (χ2v) is 8.71. The Balaban J connectivity index is 2.43. The molecule has 0 aliphatic rings. The molecular formula is C17H23N3O3S2. The van der Waals surface area contributed by atoms with Crippen molar-refractivity contribution in [2.45, 2.75) is 39.5 Å². The highest BCUT2D eigenvalue weighted by Crippen LogP contribution is 2.26. The predicted octanol–water partition coefficient (Wildman–Crippen LogP) is 3.35. The highest BCUT2D eigenvalue weighted by Gasteiger charge is 2.23. The van der Waals surface area contributed by atoms with Crippen LogP contribution in [0.3, 0.4) is 0 Å². The summed E-state index contributed by atoms with van der Waals surface area (Å²) in [6.07, 6.45) is 0. The van der Waals surface area contributed by atoms with Gasteiger partial charge in [-0.05, 0) is 44.0 Å². The van der Waals surface area contributed by atoms with Crippen molar-refractivity contribution in [3.63, 3.8) is 0 Å². The fourth-order valence-corrected chi connectivity index (χ4v) is 4.64. The molecule has 0 saturated heterocycles. The van der Waals surface area contributed by atoms with Gasteiger partial charge in [0.15, 0.2) is 0 Å². The quantitative estimate of drug-likeness (QED) is 0.832. The van der Waals surface area contributed by atoms with E-state index in [-0.39, 0.29) is 10.8 Å². The summed E-state index contributed by atoms with van der Waals surface area (Å²) in [6, 6.07) is 3.17. The summed E-state index contributed by atoms with van der Waals surface area (Å²) in [5.74, 6) is -0.343. The third-order valence-corrected chi connectivity index (χ3v) is 6.89. The standard InChI is InChI=1S/C17H23N3O3S2/c1-6-20(7-2)25(22,23)14-8-11(3)12(4)15(9-14)19-17(21)16-10-24-13(5)18-16/h8-10H,6-7H2,1-5H3,(H,19,21). The van der Waals surface area contributed by atoms with Crippen molar-refractivity contribution in [3.8, 4) is 0 Å². The number of nitrogens with zero attached hydrogens (tertiary/aromatic N) is 2.